The van der Waals surface area contributed by atoms with Crippen molar-refractivity contribution < 1.29 is 9.90 Å². The van der Waals surface area contributed by atoms with Crippen LogP contribution in [0.5, 0.6) is 0 Å². The van der Waals surface area contributed by atoms with Gasteiger partial charge < -0.3 is 10.0 Å². The third-order valence-corrected chi connectivity index (χ3v) is 6.01. The van der Waals surface area contributed by atoms with Crippen LogP contribution in [0.25, 0.3) is 11.1 Å². The average Bonchev–Trinajstić information content (AvgIpc) is 2.97. The van der Waals surface area contributed by atoms with E-state index in [-0.39, 0.29) is 11.3 Å². The molecule has 0 spiro atoms. The third-order valence-electron chi connectivity index (χ3n) is 5.10. The number of rotatable bonds is 2. The summed E-state index contributed by atoms with van der Waals surface area (Å²) in [4.78, 5) is 16.0. The van der Waals surface area contributed by atoms with E-state index < -0.39 is 5.60 Å². The van der Waals surface area contributed by atoms with Gasteiger partial charge >= 0.3 is 0 Å². The maximum absolute atomic E-state index is 13.1. The first kappa shape index (κ1) is 16.2. The van der Waals surface area contributed by atoms with E-state index in [2.05, 4.69) is 0 Å². The molecule has 1 amide bonds. The molecular formula is C19H23NO2S. The minimum Gasteiger partial charge on any atom is -0.388 e. The molecule has 0 bridgehead atoms. The Morgan fingerprint density at radius 2 is 1.83 bits per heavy atom. The topological polar surface area (TPSA) is 40.5 Å². The predicted molar refractivity (Wildman–Crippen MR) is 94.8 cm³/mol. The van der Waals surface area contributed by atoms with Gasteiger partial charge in [0, 0.05) is 27.8 Å². The van der Waals surface area contributed by atoms with Gasteiger partial charge in [0.05, 0.1) is 17.7 Å². The number of likely N-dealkylation sites (tertiary alicyclic amines) is 1. The van der Waals surface area contributed by atoms with Gasteiger partial charge in [0.25, 0.3) is 5.91 Å². The molecule has 1 atom stereocenters. The zero-order chi connectivity index (χ0) is 16.8. The summed E-state index contributed by atoms with van der Waals surface area (Å²) in [6, 6.07) is 10.0. The van der Waals surface area contributed by atoms with Gasteiger partial charge in [-0.05, 0) is 19.4 Å². The molecule has 4 heteroatoms. The molecule has 1 N–H and O–H groups in total. The van der Waals surface area contributed by atoms with Crippen LogP contribution in [-0.2, 0) is 0 Å². The van der Waals surface area contributed by atoms with Crippen molar-refractivity contribution in [2.45, 2.75) is 33.3 Å². The summed E-state index contributed by atoms with van der Waals surface area (Å²) >= 11 is 1.60. The molecule has 0 saturated carbocycles. The van der Waals surface area contributed by atoms with Crippen LogP contribution < -0.4 is 0 Å². The number of carbonyl (C=O) groups is 1. The second-order valence-electron chi connectivity index (χ2n) is 7.27. The van der Waals surface area contributed by atoms with Crippen molar-refractivity contribution in [2.24, 2.45) is 5.41 Å². The molecule has 1 aliphatic rings. The number of aliphatic hydroxyl groups is 1. The van der Waals surface area contributed by atoms with Gasteiger partial charge in [-0.15, -0.1) is 11.3 Å². The molecule has 3 rings (SSSR count). The monoisotopic (exact) mass is 329 g/mol. The molecule has 1 aromatic carbocycles. The number of carbonyl (C=O) groups excluding carboxylic acids is 1. The van der Waals surface area contributed by atoms with E-state index in [0.29, 0.717) is 13.1 Å². The van der Waals surface area contributed by atoms with Crippen molar-refractivity contribution >= 4 is 17.2 Å². The van der Waals surface area contributed by atoms with Gasteiger partial charge in [-0.3, -0.25) is 4.79 Å². The lowest BCUT2D eigenvalue weighted by atomic mass is 9.79. The summed E-state index contributed by atoms with van der Waals surface area (Å²) in [6.07, 6.45) is 0. The van der Waals surface area contributed by atoms with Crippen molar-refractivity contribution in [3.05, 3.63) is 46.2 Å². The van der Waals surface area contributed by atoms with E-state index in [1.165, 1.54) is 0 Å². The quantitative estimate of drug-likeness (QED) is 0.906. The maximum Gasteiger partial charge on any atom is 0.255 e. The van der Waals surface area contributed by atoms with Gasteiger partial charge in [-0.2, -0.15) is 0 Å². The summed E-state index contributed by atoms with van der Waals surface area (Å²) in [7, 11) is 0. The number of hydrogen-bond acceptors (Lipinski definition) is 3. The minimum atomic E-state index is -0.860. The summed E-state index contributed by atoms with van der Waals surface area (Å²) in [5.41, 5.74) is 1.67. The first-order valence-corrected chi connectivity index (χ1v) is 8.76. The van der Waals surface area contributed by atoms with E-state index >= 15 is 0 Å². The van der Waals surface area contributed by atoms with E-state index in [1.807, 2.05) is 63.4 Å². The van der Waals surface area contributed by atoms with Crippen LogP contribution in [0.2, 0.25) is 0 Å². The number of thiophene rings is 1. The highest BCUT2D eigenvalue weighted by Crippen LogP contribution is 2.40. The Labute approximate surface area is 141 Å². The third kappa shape index (κ3) is 2.70. The highest BCUT2D eigenvalue weighted by molar-refractivity contribution is 7.10. The average molecular weight is 329 g/mol. The van der Waals surface area contributed by atoms with E-state index in [0.717, 1.165) is 21.6 Å². The number of β-amino-alcohol motifs (C(OH)–C–C–N with tert-alkyl or cyclic N) is 1. The maximum atomic E-state index is 13.1. The first-order valence-electron chi connectivity index (χ1n) is 7.88. The highest BCUT2D eigenvalue weighted by Gasteiger charge is 2.49. The summed E-state index contributed by atoms with van der Waals surface area (Å²) in [5, 5.41) is 12.5. The second-order valence-corrected chi connectivity index (χ2v) is 8.35. The van der Waals surface area contributed by atoms with E-state index in [9.17, 15) is 9.90 Å². The second kappa shape index (κ2) is 5.46. The van der Waals surface area contributed by atoms with Crippen LogP contribution in [0.4, 0.5) is 0 Å². The van der Waals surface area contributed by atoms with Crippen molar-refractivity contribution in [3.8, 4) is 11.1 Å². The number of nitrogens with zero attached hydrogens (tertiary/aromatic N) is 1. The number of hydrogen-bond donors (Lipinski definition) is 1. The Bertz CT molecular complexity index is 715. The SMILES string of the molecule is Cc1scc(C(=O)N2CC(C)(C)C(C)(O)C2)c1-c1ccccc1. The lowest BCUT2D eigenvalue weighted by molar-refractivity contribution is -0.0108. The minimum absolute atomic E-state index is 0.0130. The lowest BCUT2D eigenvalue weighted by Gasteiger charge is -2.30. The molecule has 1 fully saturated rings. The molecule has 2 heterocycles. The summed E-state index contributed by atoms with van der Waals surface area (Å²) < 4.78 is 0. The van der Waals surface area contributed by atoms with Gasteiger partial charge in [-0.25, -0.2) is 0 Å². The van der Waals surface area contributed by atoms with Crippen LogP contribution in [0.15, 0.2) is 35.7 Å². The van der Waals surface area contributed by atoms with Crippen LogP contribution in [0.3, 0.4) is 0 Å². The Balaban J connectivity index is 1.97. The lowest BCUT2D eigenvalue weighted by Crippen LogP contribution is -2.40. The van der Waals surface area contributed by atoms with E-state index in [1.54, 1.807) is 16.2 Å². The molecule has 0 radical (unpaired) electrons. The normalized spacial score (nSPS) is 23.3. The van der Waals surface area contributed by atoms with Crippen LogP contribution >= 0.6 is 11.3 Å². The van der Waals surface area contributed by atoms with Gasteiger partial charge in [-0.1, -0.05) is 44.2 Å². The fourth-order valence-corrected chi connectivity index (χ4v) is 4.04. The number of amides is 1. The number of benzene rings is 1. The van der Waals surface area contributed by atoms with Crippen molar-refractivity contribution in [3.63, 3.8) is 0 Å². The predicted octanol–water partition coefficient (Wildman–Crippen LogP) is 3.96. The molecule has 3 nitrogen and oxygen atoms in total. The molecule has 122 valence electrons. The largest absolute Gasteiger partial charge is 0.388 e. The zero-order valence-corrected chi connectivity index (χ0v) is 14.9. The van der Waals surface area contributed by atoms with Gasteiger partial charge in [0.2, 0.25) is 0 Å². The summed E-state index contributed by atoms with van der Waals surface area (Å²) in [6.45, 7) is 8.84. The van der Waals surface area contributed by atoms with E-state index in [4.69, 9.17) is 0 Å². The van der Waals surface area contributed by atoms with Crippen LogP contribution in [0, 0.1) is 12.3 Å². The Morgan fingerprint density at radius 1 is 1.17 bits per heavy atom. The Morgan fingerprint density at radius 3 is 2.39 bits per heavy atom. The van der Waals surface area contributed by atoms with Crippen molar-refractivity contribution in [1.29, 1.82) is 0 Å². The van der Waals surface area contributed by atoms with Crippen molar-refractivity contribution in [1.82, 2.24) is 4.90 Å². The molecule has 1 aromatic heterocycles. The standard InChI is InChI=1S/C19H23NO2S/c1-13-16(14-8-6-5-7-9-14)15(10-23-13)17(21)20-11-18(2,3)19(4,22)12-20/h5-10,22H,11-12H2,1-4H3. The summed E-state index contributed by atoms with van der Waals surface area (Å²) in [5.74, 6) is 0.0130. The number of aryl methyl sites for hydroxylation is 1. The molecule has 1 unspecified atom stereocenters. The molecule has 1 aliphatic heterocycles. The first-order chi connectivity index (χ1) is 10.7. The van der Waals surface area contributed by atoms with Gasteiger partial charge in [0.1, 0.15) is 0 Å². The zero-order valence-electron chi connectivity index (χ0n) is 14.1. The van der Waals surface area contributed by atoms with Crippen LogP contribution in [0.1, 0.15) is 36.0 Å². The molecule has 23 heavy (non-hydrogen) atoms. The highest BCUT2D eigenvalue weighted by atomic mass is 32.1. The molecule has 0 aliphatic carbocycles. The fourth-order valence-electron chi connectivity index (χ4n) is 3.18. The fraction of sp³-hybridized carbons (Fsp3) is 0.421. The van der Waals surface area contributed by atoms with Crippen LogP contribution in [-0.4, -0.2) is 34.6 Å². The molecular weight excluding hydrogens is 306 g/mol. The Kier molecular flexibility index (Phi) is 3.85. The smallest absolute Gasteiger partial charge is 0.255 e. The Hall–Kier alpha value is -1.65. The van der Waals surface area contributed by atoms with Gasteiger partial charge in [0.15, 0.2) is 0 Å². The molecule has 2 aromatic rings. The van der Waals surface area contributed by atoms with Crippen molar-refractivity contribution in [2.75, 3.05) is 13.1 Å². The molecule has 1 saturated heterocycles.